The minimum atomic E-state index is -0.222. The van der Waals surface area contributed by atoms with Crippen LogP contribution in [0.15, 0.2) is 65.6 Å². The molecule has 4 rings (SSSR count). The number of aryl methyl sites for hydroxylation is 1. The number of nitrogens with zero attached hydrogens (tertiary/aromatic N) is 3. The van der Waals surface area contributed by atoms with Gasteiger partial charge in [-0.05, 0) is 24.1 Å². The largest absolute Gasteiger partial charge is 0.503 e. The van der Waals surface area contributed by atoms with E-state index < -0.39 is 0 Å². The van der Waals surface area contributed by atoms with Crippen molar-refractivity contribution in [2.24, 2.45) is 0 Å². The average molecular weight is 379 g/mol. The third-order valence-electron chi connectivity index (χ3n) is 4.68. The average Bonchev–Trinajstić information content (AvgIpc) is 3.45. The number of hydrogen-bond donors (Lipinski definition) is 3. The van der Waals surface area contributed by atoms with E-state index in [-0.39, 0.29) is 18.2 Å². The van der Waals surface area contributed by atoms with Crippen molar-refractivity contribution < 1.29 is 19.7 Å². The summed E-state index contributed by atoms with van der Waals surface area (Å²) in [6.45, 7) is 0.966. The molecule has 0 fully saturated rings. The van der Waals surface area contributed by atoms with Gasteiger partial charge in [-0.1, -0.05) is 30.3 Å². The van der Waals surface area contributed by atoms with E-state index in [2.05, 4.69) is 4.98 Å². The molecule has 3 heterocycles. The standard InChI is InChI=1S/C21H21N3O4/c25-13-16-7-8-17(28-16)19-18(15-5-2-1-3-6-15)20(26)21(27)24(19)11-4-10-23-12-9-22-14-23/h1-3,5-9,12,14,25-27H,4,10-11,13H2. The fraction of sp³-hybridized carbons (Fsp3) is 0.190. The van der Waals surface area contributed by atoms with E-state index in [1.807, 2.05) is 41.1 Å². The first kappa shape index (κ1) is 17.9. The molecule has 0 saturated carbocycles. The van der Waals surface area contributed by atoms with Crippen molar-refractivity contribution in [3.8, 4) is 34.2 Å². The van der Waals surface area contributed by atoms with Crippen LogP contribution in [0.25, 0.3) is 22.6 Å². The third-order valence-corrected chi connectivity index (χ3v) is 4.68. The first-order chi connectivity index (χ1) is 13.7. The molecular weight excluding hydrogens is 358 g/mol. The molecule has 0 radical (unpaired) electrons. The maximum Gasteiger partial charge on any atom is 0.235 e. The Morgan fingerprint density at radius 3 is 2.50 bits per heavy atom. The molecule has 0 saturated heterocycles. The summed E-state index contributed by atoms with van der Waals surface area (Å²) >= 11 is 0. The number of aliphatic hydroxyl groups is 1. The zero-order valence-corrected chi connectivity index (χ0v) is 15.2. The number of imidazole rings is 1. The Balaban J connectivity index is 1.77. The molecule has 7 nitrogen and oxygen atoms in total. The summed E-state index contributed by atoms with van der Waals surface area (Å²) in [5.41, 5.74) is 1.84. The first-order valence-corrected chi connectivity index (χ1v) is 9.04. The van der Waals surface area contributed by atoms with E-state index in [9.17, 15) is 15.3 Å². The highest BCUT2D eigenvalue weighted by atomic mass is 16.4. The summed E-state index contributed by atoms with van der Waals surface area (Å²) in [5, 5.41) is 30.7. The van der Waals surface area contributed by atoms with Gasteiger partial charge in [-0.25, -0.2) is 4.98 Å². The molecule has 0 unspecified atom stereocenters. The predicted octanol–water partition coefficient (Wildman–Crippen LogP) is 3.61. The molecule has 0 spiro atoms. The van der Waals surface area contributed by atoms with Gasteiger partial charge in [0.15, 0.2) is 11.5 Å². The summed E-state index contributed by atoms with van der Waals surface area (Å²) in [5.74, 6) is 0.493. The van der Waals surface area contributed by atoms with Gasteiger partial charge in [0.05, 0.1) is 17.6 Å². The van der Waals surface area contributed by atoms with Crippen LogP contribution in [0, 0.1) is 0 Å². The van der Waals surface area contributed by atoms with Gasteiger partial charge in [0.1, 0.15) is 12.4 Å². The van der Waals surface area contributed by atoms with Crippen molar-refractivity contribution in [3.05, 3.63) is 66.9 Å². The van der Waals surface area contributed by atoms with E-state index in [4.69, 9.17) is 4.42 Å². The summed E-state index contributed by atoms with van der Waals surface area (Å²) in [7, 11) is 0. The summed E-state index contributed by atoms with van der Waals surface area (Å²) in [4.78, 5) is 4.03. The monoisotopic (exact) mass is 379 g/mol. The normalized spacial score (nSPS) is 11.2. The predicted molar refractivity (Wildman–Crippen MR) is 104 cm³/mol. The van der Waals surface area contributed by atoms with Crippen LogP contribution in [0.1, 0.15) is 12.2 Å². The molecule has 0 aliphatic heterocycles. The minimum Gasteiger partial charge on any atom is -0.503 e. The van der Waals surface area contributed by atoms with Crippen LogP contribution in [0.4, 0.5) is 0 Å². The Bertz CT molecular complexity index is 1050. The Kier molecular flexibility index (Phi) is 4.90. The van der Waals surface area contributed by atoms with Gasteiger partial charge in [-0.3, -0.25) is 0 Å². The van der Waals surface area contributed by atoms with E-state index in [0.717, 1.165) is 12.1 Å². The van der Waals surface area contributed by atoms with Crippen molar-refractivity contribution in [1.29, 1.82) is 0 Å². The molecule has 0 aliphatic carbocycles. The lowest BCUT2D eigenvalue weighted by molar-refractivity contribution is 0.248. The van der Waals surface area contributed by atoms with Gasteiger partial charge in [-0.2, -0.15) is 0 Å². The molecular formula is C21H21N3O4. The zero-order chi connectivity index (χ0) is 19.5. The molecule has 3 N–H and O–H groups in total. The van der Waals surface area contributed by atoms with Gasteiger partial charge in [0, 0.05) is 25.5 Å². The smallest absolute Gasteiger partial charge is 0.235 e. The highest BCUT2D eigenvalue weighted by Crippen LogP contribution is 2.47. The van der Waals surface area contributed by atoms with E-state index in [0.29, 0.717) is 35.7 Å². The third kappa shape index (κ3) is 3.27. The number of aliphatic hydroxyl groups excluding tert-OH is 1. The fourth-order valence-corrected chi connectivity index (χ4v) is 3.37. The van der Waals surface area contributed by atoms with Gasteiger partial charge in [0.25, 0.3) is 0 Å². The van der Waals surface area contributed by atoms with E-state index in [1.54, 1.807) is 29.2 Å². The van der Waals surface area contributed by atoms with E-state index >= 15 is 0 Å². The number of aromatic nitrogens is 3. The van der Waals surface area contributed by atoms with Crippen molar-refractivity contribution in [2.75, 3.05) is 0 Å². The van der Waals surface area contributed by atoms with Crippen LogP contribution in [0.3, 0.4) is 0 Å². The highest BCUT2D eigenvalue weighted by molar-refractivity contribution is 5.87. The first-order valence-electron chi connectivity index (χ1n) is 9.04. The molecule has 0 bridgehead atoms. The van der Waals surface area contributed by atoms with Crippen LogP contribution in [0.5, 0.6) is 11.6 Å². The summed E-state index contributed by atoms with van der Waals surface area (Å²) in [6, 6.07) is 12.8. The van der Waals surface area contributed by atoms with Crippen LogP contribution in [0.2, 0.25) is 0 Å². The lowest BCUT2D eigenvalue weighted by Gasteiger charge is -2.11. The fourth-order valence-electron chi connectivity index (χ4n) is 3.37. The molecule has 3 aromatic heterocycles. The molecule has 28 heavy (non-hydrogen) atoms. The SMILES string of the molecule is OCc1ccc(-c2c(-c3ccccc3)c(O)c(O)n2CCCn2ccnc2)o1. The molecule has 0 amide bonds. The lowest BCUT2D eigenvalue weighted by atomic mass is 10.0. The van der Waals surface area contributed by atoms with Crippen molar-refractivity contribution in [1.82, 2.24) is 14.1 Å². The van der Waals surface area contributed by atoms with Gasteiger partial charge in [0.2, 0.25) is 5.88 Å². The second-order valence-electron chi connectivity index (χ2n) is 6.49. The molecule has 0 aliphatic rings. The maximum absolute atomic E-state index is 10.7. The quantitative estimate of drug-likeness (QED) is 0.456. The second kappa shape index (κ2) is 7.66. The maximum atomic E-state index is 10.7. The summed E-state index contributed by atoms with van der Waals surface area (Å²) in [6.07, 6.45) is 6.05. The molecule has 7 heteroatoms. The Labute approximate surface area is 161 Å². The number of rotatable bonds is 7. The van der Waals surface area contributed by atoms with Crippen LogP contribution in [-0.4, -0.2) is 29.4 Å². The number of hydrogen-bond acceptors (Lipinski definition) is 5. The minimum absolute atomic E-state index is 0.189. The molecule has 0 atom stereocenters. The van der Waals surface area contributed by atoms with Crippen molar-refractivity contribution in [2.45, 2.75) is 26.1 Å². The van der Waals surface area contributed by atoms with Crippen LogP contribution < -0.4 is 0 Å². The number of aromatic hydroxyl groups is 2. The highest BCUT2D eigenvalue weighted by Gasteiger charge is 2.26. The van der Waals surface area contributed by atoms with Gasteiger partial charge in [-0.15, -0.1) is 0 Å². The lowest BCUT2D eigenvalue weighted by Crippen LogP contribution is -2.04. The van der Waals surface area contributed by atoms with Crippen LogP contribution >= 0.6 is 0 Å². The topological polar surface area (TPSA) is 96.6 Å². The number of benzene rings is 1. The van der Waals surface area contributed by atoms with Crippen molar-refractivity contribution in [3.63, 3.8) is 0 Å². The van der Waals surface area contributed by atoms with Crippen molar-refractivity contribution >= 4 is 0 Å². The number of furan rings is 1. The Morgan fingerprint density at radius 1 is 1.00 bits per heavy atom. The van der Waals surface area contributed by atoms with E-state index in [1.165, 1.54) is 0 Å². The summed E-state index contributed by atoms with van der Waals surface area (Å²) < 4.78 is 9.33. The van der Waals surface area contributed by atoms with Crippen LogP contribution in [-0.2, 0) is 19.7 Å². The second-order valence-corrected chi connectivity index (χ2v) is 6.49. The zero-order valence-electron chi connectivity index (χ0n) is 15.2. The van der Waals surface area contributed by atoms with Gasteiger partial charge < -0.3 is 28.9 Å². The Morgan fingerprint density at radius 2 is 1.82 bits per heavy atom. The molecule has 4 aromatic rings. The molecule has 144 valence electrons. The Hall–Kier alpha value is -3.45. The molecule has 1 aromatic carbocycles. The van der Waals surface area contributed by atoms with Gasteiger partial charge >= 0.3 is 0 Å².